The van der Waals surface area contributed by atoms with Crippen LogP contribution in [0.2, 0.25) is 0 Å². The van der Waals surface area contributed by atoms with Crippen LogP contribution in [0.15, 0.2) is 47.0 Å². The van der Waals surface area contributed by atoms with E-state index in [4.69, 9.17) is 15.4 Å². The number of aromatic nitrogens is 4. The Labute approximate surface area is 233 Å². The lowest BCUT2D eigenvalue weighted by Crippen LogP contribution is -2.23. The number of anilines is 2. The number of fused-ring (bicyclic) bond motifs is 2. The van der Waals surface area contributed by atoms with Gasteiger partial charge in [0.1, 0.15) is 17.1 Å². The molecule has 4 N–H and O–H groups in total. The van der Waals surface area contributed by atoms with Crippen LogP contribution >= 0.6 is 0 Å². The van der Waals surface area contributed by atoms with Crippen LogP contribution < -0.4 is 16.4 Å². The predicted octanol–water partition coefficient (Wildman–Crippen LogP) is 4.86. The van der Waals surface area contributed by atoms with E-state index in [1.807, 2.05) is 49.7 Å². The monoisotopic (exact) mass is 541 g/mol. The first-order valence-corrected chi connectivity index (χ1v) is 13.3. The van der Waals surface area contributed by atoms with Crippen molar-refractivity contribution in [2.24, 2.45) is 5.73 Å². The molecule has 0 radical (unpaired) electrons. The number of nitrogens with one attached hydrogen (secondary N) is 2. The number of rotatable bonds is 5. The molecule has 10 nitrogen and oxygen atoms in total. The summed E-state index contributed by atoms with van der Waals surface area (Å²) in [7, 11) is 0. The van der Waals surface area contributed by atoms with Gasteiger partial charge in [0.15, 0.2) is 5.82 Å². The lowest BCUT2D eigenvalue weighted by molar-refractivity contribution is 0.0906. The van der Waals surface area contributed by atoms with Crippen molar-refractivity contribution in [3.8, 4) is 11.3 Å². The summed E-state index contributed by atoms with van der Waals surface area (Å²) in [6.07, 6.45) is 0.772. The third-order valence-corrected chi connectivity index (χ3v) is 6.99. The van der Waals surface area contributed by atoms with Crippen LogP contribution in [-0.4, -0.2) is 31.7 Å². The number of benzene rings is 2. The Kier molecular flexibility index (Phi) is 6.73. The second-order valence-electron chi connectivity index (χ2n) is 12.2. The van der Waals surface area contributed by atoms with Crippen LogP contribution in [0, 0.1) is 0 Å². The molecule has 2 aromatic heterocycles. The molecule has 0 saturated carbocycles. The number of carbonyl (C=O) groups is 2. The van der Waals surface area contributed by atoms with Crippen molar-refractivity contribution in [2.75, 3.05) is 5.32 Å². The summed E-state index contributed by atoms with van der Waals surface area (Å²) in [5, 5.41) is 14.9. The minimum absolute atomic E-state index is 0.0398. The first kappa shape index (κ1) is 27.1. The van der Waals surface area contributed by atoms with Crippen molar-refractivity contribution in [1.29, 1.82) is 0 Å². The van der Waals surface area contributed by atoms with Crippen LogP contribution in [0.1, 0.15) is 85.1 Å². The molecule has 0 saturated heterocycles. The first-order chi connectivity index (χ1) is 18.8. The number of primary amides is 1. The maximum absolute atomic E-state index is 12.6. The normalized spacial score (nSPS) is 13.2. The van der Waals surface area contributed by atoms with Crippen molar-refractivity contribution in [3.05, 3.63) is 76.4 Å². The zero-order valence-corrected chi connectivity index (χ0v) is 23.8. The lowest BCUT2D eigenvalue weighted by Gasteiger charge is -2.21. The van der Waals surface area contributed by atoms with E-state index in [0.717, 1.165) is 23.2 Å². The van der Waals surface area contributed by atoms with Gasteiger partial charge in [-0.15, -0.1) is 0 Å². The van der Waals surface area contributed by atoms with Crippen molar-refractivity contribution >= 4 is 23.3 Å². The molecular formula is C30H35N7O3. The molecule has 0 bridgehead atoms. The van der Waals surface area contributed by atoms with Crippen LogP contribution in [-0.2, 0) is 30.3 Å². The highest BCUT2D eigenvalue weighted by Gasteiger charge is 2.27. The second-order valence-corrected chi connectivity index (χ2v) is 12.2. The molecule has 0 unspecified atom stereocenters. The van der Waals surface area contributed by atoms with Crippen LogP contribution in [0.3, 0.4) is 0 Å². The number of amides is 2. The molecule has 5 rings (SSSR count). The van der Waals surface area contributed by atoms with Gasteiger partial charge in [-0.3, -0.25) is 9.59 Å². The molecule has 0 spiro atoms. The van der Waals surface area contributed by atoms with Gasteiger partial charge in [0, 0.05) is 29.8 Å². The molecule has 0 aliphatic carbocycles. The Hall–Kier alpha value is -4.47. The van der Waals surface area contributed by atoms with Gasteiger partial charge in [0.25, 0.3) is 5.91 Å². The molecular weight excluding hydrogens is 506 g/mol. The molecule has 2 amide bonds. The molecule has 10 heteroatoms. The number of hydrogen-bond acceptors (Lipinski definition) is 7. The van der Waals surface area contributed by atoms with Gasteiger partial charge < -0.3 is 20.9 Å². The maximum atomic E-state index is 12.6. The SMILES string of the molecule is CC(C)(C)c1ccc2c(c1)CCn1nc(-c3ccc(CNC(=O)c4nc(C(C)(C)C)no4)cc3)c(C(N)=O)c1N2. The van der Waals surface area contributed by atoms with Crippen LogP contribution in [0.25, 0.3) is 11.3 Å². The number of hydrogen-bond donors (Lipinski definition) is 3. The van der Waals surface area contributed by atoms with Gasteiger partial charge in [0.2, 0.25) is 0 Å². The minimum Gasteiger partial charge on any atom is -0.365 e. The zero-order valence-electron chi connectivity index (χ0n) is 23.8. The molecule has 40 heavy (non-hydrogen) atoms. The Morgan fingerprint density at radius 3 is 2.40 bits per heavy atom. The molecule has 3 heterocycles. The maximum Gasteiger partial charge on any atom is 0.315 e. The van der Waals surface area contributed by atoms with Crippen molar-refractivity contribution < 1.29 is 14.1 Å². The highest BCUT2D eigenvalue weighted by atomic mass is 16.5. The quantitative estimate of drug-likeness (QED) is 0.328. The first-order valence-electron chi connectivity index (χ1n) is 13.3. The van der Waals surface area contributed by atoms with Gasteiger partial charge in [0.05, 0.1) is 0 Å². The number of nitrogens with zero attached hydrogens (tertiary/aromatic N) is 4. The van der Waals surface area contributed by atoms with E-state index in [1.54, 1.807) is 0 Å². The molecule has 2 aromatic carbocycles. The summed E-state index contributed by atoms with van der Waals surface area (Å²) >= 11 is 0. The Balaban J connectivity index is 1.35. The van der Waals surface area contributed by atoms with E-state index >= 15 is 0 Å². The van der Waals surface area contributed by atoms with Crippen molar-refractivity contribution in [2.45, 2.75) is 71.9 Å². The zero-order chi connectivity index (χ0) is 28.8. The van der Waals surface area contributed by atoms with Gasteiger partial charge in [-0.25, -0.2) is 4.68 Å². The summed E-state index contributed by atoms with van der Waals surface area (Å²) in [5.41, 5.74) is 11.4. The average Bonchev–Trinajstić information content (AvgIpc) is 3.48. The topological polar surface area (TPSA) is 141 Å². The van der Waals surface area contributed by atoms with Crippen LogP contribution in [0.5, 0.6) is 0 Å². The minimum atomic E-state index is -0.552. The summed E-state index contributed by atoms with van der Waals surface area (Å²) in [5.74, 6) is -0.00422. The second kappa shape index (κ2) is 9.93. The Bertz CT molecular complexity index is 1580. The molecule has 208 valence electrons. The van der Waals surface area contributed by atoms with E-state index in [1.165, 1.54) is 11.1 Å². The highest BCUT2D eigenvalue weighted by Crippen LogP contribution is 2.36. The third kappa shape index (κ3) is 5.34. The smallest absolute Gasteiger partial charge is 0.315 e. The van der Waals surface area contributed by atoms with E-state index in [-0.39, 0.29) is 23.3 Å². The fourth-order valence-electron chi connectivity index (χ4n) is 4.59. The van der Waals surface area contributed by atoms with Gasteiger partial charge in [-0.2, -0.15) is 10.1 Å². The summed E-state index contributed by atoms with van der Waals surface area (Å²) in [4.78, 5) is 29.3. The van der Waals surface area contributed by atoms with Gasteiger partial charge >= 0.3 is 11.8 Å². The summed E-state index contributed by atoms with van der Waals surface area (Å²) < 4.78 is 6.93. The Morgan fingerprint density at radius 2 is 1.77 bits per heavy atom. The molecule has 1 aliphatic rings. The summed E-state index contributed by atoms with van der Waals surface area (Å²) in [6, 6.07) is 13.9. The number of nitrogens with two attached hydrogens (primary N) is 1. The molecule has 1 aliphatic heterocycles. The third-order valence-electron chi connectivity index (χ3n) is 6.99. The lowest BCUT2D eigenvalue weighted by atomic mass is 9.85. The number of carbonyl (C=O) groups excluding carboxylic acids is 2. The fraction of sp³-hybridized carbons (Fsp3) is 0.367. The molecule has 4 aromatic rings. The highest BCUT2D eigenvalue weighted by molar-refractivity contribution is 6.04. The number of aryl methyl sites for hydroxylation is 2. The van der Waals surface area contributed by atoms with E-state index in [9.17, 15) is 9.59 Å². The predicted molar refractivity (Wildman–Crippen MR) is 152 cm³/mol. The van der Waals surface area contributed by atoms with Crippen molar-refractivity contribution in [1.82, 2.24) is 25.2 Å². The van der Waals surface area contributed by atoms with Gasteiger partial charge in [-0.1, -0.05) is 83.1 Å². The van der Waals surface area contributed by atoms with Crippen LogP contribution in [0.4, 0.5) is 11.5 Å². The molecule has 0 atom stereocenters. The van der Waals surface area contributed by atoms with E-state index < -0.39 is 11.8 Å². The van der Waals surface area contributed by atoms with Gasteiger partial charge in [-0.05, 0) is 34.6 Å². The largest absolute Gasteiger partial charge is 0.365 e. The summed E-state index contributed by atoms with van der Waals surface area (Å²) in [6.45, 7) is 13.3. The van der Waals surface area contributed by atoms with Crippen molar-refractivity contribution in [3.63, 3.8) is 0 Å². The fourth-order valence-corrected chi connectivity index (χ4v) is 4.59. The Morgan fingerprint density at radius 1 is 1.05 bits per heavy atom. The van der Waals surface area contributed by atoms with E-state index in [0.29, 0.717) is 29.4 Å². The van der Waals surface area contributed by atoms with E-state index in [2.05, 4.69) is 59.7 Å². The molecule has 0 fully saturated rings. The standard InChI is InChI=1S/C30H35N7O3/c1-29(2,3)20-11-12-21-19(15-20)13-14-37-25(33-21)22(24(31)38)23(35-37)18-9-7-17(8-10-18)16-32-26(39)27-34-28(36-40-27)30(4,5)6/h7-12,15,33H,13-14,16H2,1-6H3,(H2,31,38)(H,32,39). The average molecular weight is 542 g/mol.